The Kier molecular flexibility index (Phi) is 4.76. The summed E-state index contributed by atoms with van der Waals surface area (Å²) in [6.07, 6.45) is 3.87. The molecule has 1 rings (SSSR count). The van der Waals surface area contributed by atoms with Crippen LogP contribution in [0.15, 0.2) is 24.3 Å². The largest absolute Gasteiger partial charge is 0.478 e. The summed E-state index contributed by atoms with van der Waals surface area (Å²) >= 11 is 0. The molecule has 0 saturated heterocycles. The van der Waals surface area contributed by atoms with E-state index in [9.17, 15) is 4.79 Å². The van der Waals surface area contributed by atoms with E-state index in [1.807, 2.05) is 25.1 Å². The Morgan fingerprint density at radius 2 is 2.18 bits per heavy atom. The van der Waals surface area contributed by atoms with Crippen LogP contribution in [-0.4, -0.2) is 24.7 Å². The van der Waals surface area contributed by atoms with Crippen molar-refractivity contribution >= 4 is 17.7 Å². The zero-order chi connectivity index (χ0) is 12.8. The fraction of sp³-hybridized carbons (Fsp3) is 0.357. The maximum absolute atomic E-state index is 10.4. The van der Waals surface area contributed by atoms with Crippen molar-refractivity contribution in [1.82, 2.24) is 0 Å². The van der Waals surface area contributed by atoms with Crippen molar-refractivity contribution in [3.63, 3.8) is 0 Å². The van der Waals surface area contributed by atoms with E-state index in [2.05, 4.69) is 18.9 Å². The summed E-state index contributed by atoms with van der Waals surface area (Å²) in [4.78, 5) is 12.6. The molecule has 0 aliphatic rings. The van der Waals surface area contributed by atoms with Gasteiger partial charge in [-0.05, 0) is 42.7 Å². The third-order valence-corrected chi connectivity index (χ3v) is 2.61. The SMILES string of the molecule is CCCN(C)c1ccc(C=CC(=O)O)cc1C. The summed E-state index contributed by atoms with van der Waals surface area (Å²) in [7, 11) is 2.07. The van der Waals surface area contributed by atoms with Crippen LogP contribution in [0.25, 0.3) is 6.08 Å². The normalized spacial score (nSPS) is 10.8. The van der Waals surface area contributed by atoms with Gasteiger partial charge in [0.25, 0.3) is 0 Å². The van der Waals surface area contributed by atoms with Crippen molar-refractivity contribution in [3.05, 3.63) is 35.4 Å². The fourth-order valence-electron chi connectivity index (χ4n) is 1.83. The third-order valence-electron chi connectivity index (χ3n) is 2.61. The predicted molar refractivity (Wildman–Crippen MR) is 71.4 cm³/mol. The summed E-state index contributed by atoms with van der Waals surface area (Å²) in [5, 5.41) is 8.56. The van der Waals surface area contributed by atoms with E-state index in [0.29, 0.717) is 0 Å². The Balaban J connectivity index is 2.89. The van der Waals surface area contributed by atoms with E-state index >= 15 is 0 Å². The second kappa shape index (κ2) is 6.09. The molecule has 17 heavy (non-hydrogen) atoms. The highest BCUT2D eigenvalue weighted by Gasteiger charge is 2.03. The highest BCUT2D eigenvalue weighted by molar-refractivity contribution is 5.85. The number of rotatable bonds is 5. The maximum Gasteiger partial charge on any atom is 0.328 e. The van der Waals surface area contributed by atoms with E-state index in [0.717, 1.165) is 30.2 Å². The quantitative estimate of drug-likeness (QED) is 0.795. The van der Waals surface area contributed by atoms with E-state index in [4.69, 9.17) is 5.11 Å². The standard InChI is InChI=1S/C14H19NO2/c1-4-9-15(3)13-7-5-12(10-11(13)2)6-8-14(16)17/h5-8,10H,4,9H2,1-3H3,(H,16,17). The molecule has 0 radical (unpaired) electrons. The number of hydrogen-bond acceptors (Lipinski definition) is 2. The van der Waals surface area contributed by atoms with Crippen molar-refractivity contribution in [2.45, 2.75) is 20.3 Å². The van der Waals surface area contributed by atoms with E-state index in [1.54, 1.807) is 6.08 Å². The number of carbonyl (C=O) groups is 1. The molecule has 0 unspecified atom stereocenters. The lowest BCUT2D eigenvalue weighted by Crippen LogP contribution is -2.18. The van der Waals surface area contributed by atoms with Gasteiger partial charge >= 0.3 is 5.97 Å². The van der Waals surface area contributed by atoms with Crippen LogP contribution >= 0.6 is 0 Å². The highest BCUT2D eigenvalue weighted by atomic mass is 16.4. The average molecular weight is 233 g/mol. The molecular formula is C14H19NO2. The molecule has 0 saturated carbocycles. The molecule has 1 aromatic rings. The molecule has 0 spiro atoms. The van der Waals surface area contributed by atoms with Gasteiger partial charge in [0.15, 0.2) is 0 Å². The molecule has 0 aromatic heterocycles. The Labute approximate surface area is 102 Å². The third kappa shape index (κ3) is 3.94. The van der Waals surface area contributed by atoms with Crippen molar-refractivity contribution < 1.29 is 9.90 Å². The minimum absolute atomic E-state index is 0.915. The first-order chi connectivity index (χ1) is 8.04. The Bertz CT molecular complexity index is 424. The molecule has 0 amide bonds. The number of anilines is 1. The summed E-state index contributed by atoms with van der Waals surface area (Å²) in [5.41, 5.74) is 3.27. The Morgan fingerprint density at radius 3 is 2.71 bits per heavy atom. The number of aliphatic carboxylic acids is 1. The highest BCUT2D eigenvalue weighted by Crippen LogP contribution is 2.20. The van der Waals surface area contributed by atoms with Crippen molar-refractivity contribution in [1.29, 1.82) is 0 Å². The molecule has 3 nitrogen and oxygen atoms in total. The summed E-state index contributed by atoms with van der Waals surface area (Å²) in [5.74, 6) is -0.921. The number of hydrogen-bond donors (Lipinski definition) is 1. The molecule has 0 atom stereocenters. The summed E-state index contributed by atoms with van der Waals surface area (Å²) in [6, 6.07) is 5.97. The van der Waals surface area contributed by atoms with Gasteiger partial charge in [-0.15, -0.1) is 0 Å². The minimum Gasteiger partial charge on any atom is -0.478 e. The van der Waals surface area contributed by atoms with E-state index < -0.39 is 5.97 Å². The van der Waals surface area contributed by atoms with Crippen LogP contribution in [0.4, 0.5) is 5.69 Å². The van der Waals surface area contributed by atoms with Crippen LogP contribution in [0, 0.1) is 6.92 Å². The number of aryl methyl sites for hydroxylation is 1. The number of nitrogens with zero attached hydrogens (tertiary/aromatic N) is 1. The first-order valence-corrected chi connectivity index (χ1v) is 5.77. The Morgan fingerprint density at radius 1 is 1.47 bits per heavy atom. The van der Waals surface area contributed by atoms with Crippen LogP contribution < -0.4 is 4.90 Å². The molecule has 92 valence electrons. The van der Waals surface area contributed by atoms with Crippen molar-refractivity contribution in [2.24, 2.45) is 0 Å². The van der Waals surface area contributed by atoms with Crippen LogP contribution in [0.2, 0.25) is 0 Å². The second-order valence-electron chi connectivity index (χ2n) is 4.14. The van der Waals surface area contributed by atoms with Gasteiger partial charge in [0, 0.05) is 25.4 Å². The number of benzene rings is 1. The van der Waals surface area contributed by atoms with Crippen LogP contribution in [0.1, 0.15) is 24.5 Å². The fourth-order valence-corrected chi connectivity index (χ4v) is 1.83. The first kappa shape index (κ1) is 13.3. The van der Waals surface area contributed by atoms with Crippen LogP contribution in [0.5, 0.6) is 0 Å². The molecule has 0 aliphatic carbocycles. The van der Waals surface area contributed by atoms with Gasteiger partial charge in [0.1, 0.15) is 0 Å². The maximum atomic E-state index is 10.4. The molecule has 0 aliphatic heterocycles. The van der Waals surface area contributed by atoms with Gasteiger partial charge in [-0.3, -0.25) is 0 Å². The van der Waals surface area contributed by atoms with Gasteiger partial charge in [0.05, 0.1) is 0 Å². The molecular weight excluding hydrogens is 214 g/mol. The molecule has 0 bridgehead atoms. The van der Waals surface area contributed by atoms with Gasteiger partial charge < -0.3 is 10.0 Å². The smallest absolute Gasteiger partial charge is 0.328 e. The van der Waals surface area contributed by atoms with E-state index in [1.165, 1.54) is 5.69 Å². The lowest BCUT2D eigenvalue weighted by atomic mass is 10.1. The minimum atomic E-state index is -0.921. The van der Waals surface area contributed by atoms with Crippen molar-refractivity contribution in [3.8, 4) is 0 Å². The lowest BCUT2D eigenvalue weighted by molar-refractivity contribution is -0.131. The van der Waals surface area contributed by atoms with Gasteiger partial charge in [-0.25, -0.2) is 4.79 Å². The number of carboxylic acids is 1. The molecule has 1 N–H and O–H groups in total. The topological polar surface area (TPSA) is 40.5 Å². The van der Waals surface area contributed by atoms with Gasteiger partial charge in [-0.2, -0.15) is 0 Å². The predicted octanol–water partition coefficient (Wildman–Crippen LogP) is 2.94. The summed E-state index contributed by atoms with van der Waals surface area (Å²) in [6.45, 7) is 5.21. The van der Waals surface area contributed by atoms with Crippen LogP contribution in [0.3, 0.4) is 0 Å². The summed E-state index contributed by atoms with van der Waals surface area (Å²) < 4.78 is 0. The van der Waals surface area contributed by atoms with Crippen molar-refractivity contribution in [2.75, 3.05) is 18.5 Å². The zero-order valence-corrected chi connectivity index (χ0v) is 10.6. The van der Waals surface area contributed by atoms with Gasteiger partial charge in [0.2, 0.25) is 0 Å². The molecule has 1 aromatic carbocycles. The lowest BCUT2D eigenvalue weighted by Gasteiger charge is -2.20. The molecule has 0 fully saturated rings. The van der Waals surface area contributed by atoms with Gasteiger partial charge in [-0.1, -0.05) is 13.0 Å². The first-order valence-electron chi connectivity index (χ1n) is 5.77. The monoisotopic (exact) mass is 233 g/mol. The molecule has 3 heteroatoms. The Hall–Kier alpha value is -1.77. The van der Waals surface area contributed by atoms with E-state index in [-0.39, 0.29) is 0 Å². The number of carboxylic acid groups (broad SMARTS) is 1. The second-order valence-corrected chi connectivity index (χ2v) is 4.14. The average Bonchev–Trinajstić information content (AvgIpc) is 2.26. The zero-order valence-electron chi connectivity index (χ0n) is 10.6. The van der Waals surface area contributed by atoms with Crippen LogP contribution in [-0.2, 0) is 4.79 Å². The molecule has 0 heterocycles.